The summed E-state index contributed by atoms with van der Waals surface area (Å²) in [5.74, 6) is -3.49. The number of aromatic carboxylic acids is 1. The average molecular weight is 648 g/mol. The van der Waals surface area contributed by atoms with Gasteiger partial charge in [0.25, 0.3) is 0 Å². The minimum atomic E-state index is -1.06. The van der Waals surface area contributed by atoms with Gasteiger partial charge in [-0.1, -0.05) is 41.9 Å². The highest BCUT2D eigenvalue weighted by atomic mass is 35.5. The van der Waals surface area contributed by atoms with Crippen molar-refractivity contribution in [3.8, 4) is 0 Å². The lowest BCUT2D eigenvalue weighted by atomic mass is 9.85. The molecule has 0 aromatic heterocycles. The maximum Gasteiger partial charge on any atom is 0.335 e. The van der Waals surface area contributed by atoms with Crippen LogP contribution in [0.4, 0.5) is 15.8 Å². The lowest BCUT2D eigenvalue weighted by Crippen LogP contribution is -2.47. The van der Waals surface area contributed by atoms with Crippen LogP contribution in [0.2, 0.25) is 5.02 Å². The lowest BCUT2D eigenvalue weighted by Gasteiger charge is -2.41. The molecular weight excluding hydrogens is 613 g/mol. The van der Waals surface area contributed by atoms with Crippen LogP contribution >= 0.6 is 11.6 Å². The number of Topliss-reactive ketones (excluding diaryl/α,β-unsaturated/α-hetero) is 1. The van der Waals surface area contributed by atoms with E-state index in [2.05, 4.69) is 11.0 Å². The zero-order chi connectivity index (χ0) is 32.5. The van der Waals surface area contributed by atoms with Crippen LogP contribution in [0.1, 0.15) is 52.4 Å². The minimum Gasteiger partial charge on any atom is -0.478 e. The Bertz CT molecular complexity index is 1670. The van der Waals surface area contributed by atoms with E-state index in [-0.39, 0.29) is 65.9 Å². The molecule has 2 unspecified atom stereocenters. The van der Waals surface area contributed by atoms with Gasteiger partial charge in [-0.2, -0.15) is 0 Å². The van der Waals surface area contributed by atoms with Crippen molar-refractivity contribution in [2.24, 2.45) is 5.92 Å². The number of halogens is 2. The first-order valence-electron chi connectivity index (χ1n) is 15.5. The standard InChI is InChI=1S/C35H35ClFN3O6/c1-46-24-12-15-38(16-13-24)28-6-2-4-26-25(28)14-17-39(33(26)30(41)18-21-8-10-22(11-9-21)35(44)45)34(43)23-19-31(42)40(20-23)29-7-3-5-27(36)32(29)37/h2-11,23-24,33H,12-20H2,1H3,(H,44,45). The van der Waals surface area contributed by atoms with E-state index in [0.717, 1.165) is 42.7 Å². The van der Waals surface area contributed by atoms with Gasteiger partial charge in [0.1, 0.15) is 6.04 Å². The van der Waals surface area contributed by atoms with Crippen molar-refractivity contribution in [2.45, 2.75) is 44.2 Å². The molecular formula is C35H35ClFN3O6. The lowest BCUT2D eigenvalue weighted by molar-refractivity contribution is -0.143. The van der Waals surface area contributed by atoms with Crippen LogP contribution in [0.15, 0.2) is 60.7 Å². The highest BCUT2D eigenvalue weighted by Crippen LogP contribution is 2.40. The molecule has 240 valence electrons. The molecule has 0 radical (unpaired) electrons. The number of benzene rings is 3. The van der Waals surface area contributed by atoms with Crippen LogP contribution in [0.5, 0.6) is 0 Å². The summed E-state index contributed by atoms with van der Waals surface area (Å²) in [5, 5.41) is 9.18. The van der Waals surface area contributed by atoms with E-state index in [1.54, 1.807) is 30.2 Å². The van der Waals surface area contributed by atoms with Crippen LogP contribution < -0.4 is 9.80 Å². The molecule has 3 aliphatic rings. The fourth-order valence-electron chi connectivity index (χ4n) is 6.97. The van der Waals surface area contributed by atoms with Crippen LogP contribution in [0, 0.1) is 11.7 Å². The number of hydrogen-bond acceptors (Lipinski definition) is 6. The Hall–Kier alpha value is -4.28. The van der Waals surface area contributed by atoms with Crippen LogP contribution in [-0.2, 0) is 32.0 Å². The number of carbonyl (C=O) groups excluding carboxylic acids is 3. The summed E-state index contributed by atoms with van der Waals surface area (Å²) in [6, 6.07) is 15.5. The Kier molecular flexibility index (Phi) is 9.11. The van der Waals surface area contributed by atoms with Crippen molar-refractivity contribution in [3.05, 3.63) is 93.8 Å². The third kappa shape index (κ3) is 6.11. The molecule has 46 heavy (non-hydrogen) atoms. The zero-order valence-electron chi connectivity index (χ0n) is 25.5. The van der Waals surface area contributed by atoms with Crippen molar-refractivity contribution in [1.82, 2.24) is 4.90 Å². The van der Waals surface area contributed by atoms with Gasteiger partial charge in [-0.25, -0.2) is 9.18 Å². The molecule has 6 rings (SSSR count). The van der Waals surface area contributed by atoms with E-state index in [4.69, 9.17) is 16.3 Å². The molecule has 0 aliphatic carbocycles. The topological polar surface area (TPSA) is 107 Å². The third-order valence-electron chi connectivity index (χ3n) is 9.38. The van der Waals surface area contributed by atoms with E-state index in [1.165, 1.54) is 29.2 Å². The molecule has 2 fully saturated rings. The summed E-state index contributed by atoms with van der Waals surface area (Å²) in [6.45, 7) is 1.88. The Labute approximate surface area is 271 Å². The monoisotopic (exact) mass is 647 g/mol. The number of carboxylic acid groups (broad SMARTS) is 1. The van der Waals surface area contributed by atoms with Gasteiger partial charge in [0, 0.05) is 51.8 Å². The maximum absolute atomic E-state index is 14.8. The molecule has 2 amide bonds. The van der Waals surface area contributed by atoms with Crippen molar-refractivity contribution in [2.75, 3.05) is 43.1 Å². The number of rotatable bonds is 8. The van der Waals surface area contributed by atoms with E-state index in [0.29, 0.717) is 12.0 Å². The van der Waals surface area contributed by atoms with Crippen molar-refractivity contribution >= 4 is 46.5 Å². The van der Waals surface area contributed by atoms with Crippen LogP contribution in [0.25, 0.3) is 0 Å². The Morgan fingerprint density at radius 1 is 0.978 bits per heavy atom. The quantitative estimate of drug-likeness (QED) is 0.363. The fourth-order valence-corrected chi connectivity index (χ4v) is 7.14. The summed E-state index contributed by atoms with van der Waals surface area (Å²) in [7, 11) is 1.73. The van der Waals surface area contributed by atoms with Crippen molar-refractivity contribution in [1.29, 1.82) is 0 Å². The number of nitrogens with zero attached hydrogens (tertiary/aromatic N) is 3. The third-order valence-corrected chi connectivity index (χ3v) is 9.67. The second kappa shape index (κ2) is 13.2. The van der Waals surface area contributed by atoms with E-state index in [9.17, 15) is 28.7 Å². The largest absolute Gasteiger partial charge is 0.478 e. The summed E-state index contributed by atoms with van der Waals surface area (Å²) in [4.78, 5) is 58.0. The zero-order valence-corrected chi connectivity index (χ0v) is 26.2. The second-order valence-corrected chi connectivity index (χ2v) is 12.5. The Morgan fingerprint density at radius 2 is 1.67 bits per heavy atom. The number of fused-ring (bicyclic) bond motifs is 1. The smallest absolute Gasteiger partial charge is 0.335 e. The minimum absolute atomic E-state index is 0.0132. The number of amides is 2. The highest BCUT2D eigenvalue weighted by Gasteiger charge is 2.43. The van der Waals surface area contributed by atoms with Gasteiger partial charge >= 0.3 is 5.97 Å². The van der Waals surface area contributed by atoms with Crippen LogP contribution in [0.3, 0.4) is 0 Å². The molecule has 9 nitrogen and oxygen atoms in total. The predicted octanol–water partition coefficient (Wildman–Crippen LogP) is 5.08. The number of methoxy groups -OCH3 is 1. The number of anilines is 2. The second-order valence-electron chi connectivity index (χ2n) is 12.1. The predicted molar refractivity (Wildman–Crippen MR) is 171 cm³/mol. The molecule has 0 saturated carbocycles. The molecule has 3 aliphatic heterocycles. The molecule has 0 spiro atoms. The molecule has 3 aromatic rings. The average Bonchev–Trinajstić information content (AvgIpc) is 3.46. The SMILES string of the molecule is COC1CCN(c2cccc3c2CCN(C(=O)C2CC(=O)N(c4cccc(Cl)c4F)C2)C3C(=O)Cc2ccc(C(=O)O)cc2)CC1. The summed E-state index contributed by atoms with van der Waals surface area (Å²) in [5.41, 5.74) is 3.58. The molecule has 2 saturated heterocycles. The normalized spacial score (nSPS) is 20.2. The Balaban J connectivity index is 1.31. The molecule has 0 bridgehead atoms. The number of carbonyl (C=O) groups is 4. The first kappa shape index (κ1) is 31.7. The maximum atomic E-state index is 14.8. The summed E-state index contributed by atoms with van der Waals surface area (Å²) >= 11 is 5.97. The van der Waals surface area contributed by atoms with Gasteiger partial charge in [0.05, 0.1) is 28.3 Å². The number of ketones is 1. The number of hydrogen-bond donors (Lipinski definition) is 1. The number of carboxylic acids is 1. The van der Waals surface area contributed by atoms with Gasteiger partial charge in [-0.3, -0.25) is 14.4 Å². The van der Waals surface area contributed by atoms with Gasteiger partial charge < -0.3 is 24.5 Å². The molecule has 3 aromatic carbocycles. The highest BCUT2D eigenvalue weighted by molar-refractivity contribution is 6.31. The van der Waals surface area contributed by atoms with Gasteiger partial charge in [-0.05, 0) is 66.3 Å². The first-order valence-corrected chi connectivity index (χ1v) is 15.8. The molecule has 1 N–H and O–H groups in total. The van der Waals surface area contributed by atoms with Gasteiger partial charge in [0.2, 0.25) is 11.8 Å². The summed E-state index contributed by atoms with van der Waals surface area (Å²) in [6.07, 6.45) is 2.39. The van der Waals surface area contributed by atoms with Gasteiger partial charge in [-0.15, -0.1) is 0 Å². The van der Waals surface area contributed by atoms with Crippen molar-refractivity contribution < 1.29 is 33.4 Å². The van der Waals surface area contributed by atoms with E-state index >= 15 is 0 Å². The van der Waals surface area contributed by atoms with E-state index in [1.807, 2.05) is 12.1 Å². The Morgan fingerprint density at radius 3 is 2.37 bits per heavy atom. The number of ether oxygens (including phenoxy) is 1. The number of piperidine rings is 1. The van der Waals surface area contributed by atoms with Crippen LogP contribution in [-0.4, -0.2) is 73.0 Å². The fraction of sp³-hybridized carbons (Fsp3) is 0.371. The van der Waals surface area contributed by atoms with E-state index < -0.39 is 23.7 Å². The molecule has 2 atom stereocenters. The van der Waals surface area contributed by atoms with Crippen molar-refractivity contribution in [3.63, 3.8) is 0 Å². The molecule has 3 heterocycles. The van der Waals surface area contributed by atoms with Gasteiger partial charge in [0.15, 0.2) is 11.6 Å². The summed E-state index contributed by atoms with van der Waals surface area (Å²) < 4.78 is 20.4. The first-order chi connectivity index (χ1) is 22.2. The molecule has 11 heteroatoms.